The molecule has 0 aromatic heterocycles. The van der Waals surface area contributed by atoms with E-state index in [0.29, 0.717) is 19.6 Å². The Balaban J connectivity index is 1.81. The Morgan fingerprint density at radius 1 is 0.548 bits per heavy atom. The average molecular weight is 582 g/mol. The van der Waals surface area contributed by atoms with E-state index in [1.54, 1.807) is 0 Å². The number of carboxylic acids is 2. The normalized spacial score (nSPS) is 30.4. The number of para-hydroxylation sites is 2. The molecule has 0 bridgehead atoms. The summed E-state index contributed by atoms with van der Waals surface area (Å²) in [6.07, 6.45) is -11.8. The number of hydrogen-bond acceptors (Lipinski definition) is 6. The highest BCUT2D eigenvalue weighted by atomic mass is 16.4. The van der Waals surface area contributed by atoms with Gasteiger partial charge in [0.1, 0.15) is 24.4 Å². The van der Waals surface area contributed by atoms with Crippen LogP contribution in [0.1, 0.15) is 24.0 Å². The SMILES string of the molecule is O=C(O)[C@@H]1C[C@]2([C@]34C[C@@H](C(=O)O)N(C(=O)O)[C@H]3N(C(=O)O)c3ccccc34)c3ccccc3N(C(=O)O)[C@@H]2N1C(=O)O. The number of aliphatic carboxylic acids is 2. The summed E-state index contributed by atoms with van der Waals surface area (Å²) in [6.45, 7) is 0. The molecule has 4 aliphatic rings. The predicted octanol–water partition coefficient (Wildman–Crippen LogP) is 2.18. The number of rotatable bonds is 3. The molecule has 0 radical (unpaired) electrons. The Morgan fingerprint density at radius 3 is 1.17 bits per heavy atom. The van der Waals surface area contributed by atoms with Gasteiger partial charge in [-0.05, 0) is 36.1 Å². The summed E-state index contributed by atoms with van der Waals surface area (Å²) in [6, 6.07) is 7.89. The highest BCUT2D eigenvalue weighted by molar-refractivity contribution is 5.98. The lowest BCUT2D eigenvalue weighted by Crippen LogP contribution is -2.65. The van der Waals surface area contributed by atoms with Crippen LogP contribution in [0.5, 0.6) is 0 Å². The van der Waals surface area contributed by atoms with E-state index in [4.69, 9.17) is 0 Å². The van der Waals surface area contributed by atoms with Gasteiger partial charge in [0, 0.05) is 0 Å². The van der Waals surface area contributed by atoms with Crippen molar-refractivity contribution in [3.63, 3.8) is 0 Å². The molecular weight excluding hydrogens is 560 g/mol. The van der Waals surface area contributed by atoms with E-state index < -0.39 is 84.4 Å². The van der Waals surface area contributed by atoms with Crippen molar-refractivity contribution < 1.29 is 59.4 Å². The molecule has 2 aromatic carbocycles. The summed E-state index contributed by atoms with van der Waals surface area (Å²) >= 11 is 0. The van der Waals surface area contributed by atoms with Crippen LogP contribution in [-0.4, -0.2) is 101 Å². The van der Waals surface area contributed by atoms with Crippen LogP contribution in [0.2, 0.25) is 0 Å². The second-order valence-corrected chi connectivity index (χ2v) is 10.5. The minimum Gasteiger partial charge on any atom is -0.480 e. The summed E-state index contributed by atoms with van der Waals surface area (Å²) in [7, 11) is 0. The number of benzene rings is 2. The fraction of sp³-hybridized carbons (Fsp3) is 0.308. The van der Waals surface area contributed by atoms with Crippen LogP contribution in [0.25, 0.3) is 0 Å². The molecule has 2 saturated heterocycles. The smallest absolute Gasteiger partial charge is 0.413 e. The first-order chi connectivity index (χ1) is 19.8. The molecular formula is C26H22N4O12. The van der Waals surface area contributed by atoms with Crippen molar-refractivity contribution in [2.45, 2.75) is 48.1 Å². The number of nitrogens with zero attached hydrogens (tertiary/aromatic N) is 4. The van der Waals surface area contributed by atoms with Gasteiger partial charge in [-0.2, -0.15) is 0 Å². The summed E-state index contributed by atoms with van der Waals surface area (Å²) in [5, 5.41) is 61.8. The molecule has 0 unspecified atom stereocenters. The molecule has 4 heterocycles. The second-order valence-electron chi connectivity index (χ2n) is 10.5. The number of carboxylic acid groups (broad SMARTS) is 6. The largest absolute Gasteiger partial charge is 0.480 e. The zero-order chi connectivity index (χ0) is 30.5. The van der Waals surface area contributed by atoms with Gasteiger partial charge >= 0.3 is 36.3 Å². The number of fused-ring (bicyclic) bond motifs is 7. The van der Waals surface area contributed by atoms with E-state index in [2.05, 4.69) is 0 Å². The monoisotopic (exact) mass is 582 g/mol. The second kappa shape index (κ2) is 8.48. The first-order valence-electron chi connectivity index (χ1n) is 12.5. The maximum absolute atomic E-state index is 12.8. The Bertz CT molecular complexity index is 1500. The Labute approximate surface area is 234 Å². The molecule has 42 heavy (non-hydrogen) atoms. The lowest BCUT2D eigenvalue weighted by Gasteiger charge is -2.49. The van der Waals surface area contributed by atoms with E-state index >= 15 is 0 Å². The minimum atomic E-state index is -1.97. The molecule has 4 aliphatic heterocycles. The van der Waals surface area contributed by atoms with Crippen molar-refractivity contribution in [3.05, 3.63) is 59.7 Å². The molecule has 218 valence electrons. The molecule has 2 aromatic rings. The zero-order valence-corrected chi connectivity index (χ0v) is 21.3. The lowest BCUT2D eigenvalue weighted by atomic mass is 9.54. The first kappa shape index (κ1) is 26.7. The van der Waals surface area contributed by atoms with E-state index in [9.17, 15) is 59.4 Å². The summed E-state index contributed by atoms with van der Waals surface area (Å²) < 4.78 is 0. The predicted molar refractivity (Wildman–Crippen MR) is 137 cm³/mol. The molecule has 16 heteroatoms. The highest BCUT2D eigenvalue weighted by Crippen LogP contribution is 2.70. The third kappa shape index (κ3) is 2.89. The van der Waals surface area contributed by atoms with Crippen molar-refractivity contribution in [1.29, 1.82) is 0 Å². The zero-order valence-electron chi connectivity index (χ0n) is 21.3. The van der Waals surface area contributed by atoms with Crippen molar-refractivity contribution in [3.8, 4) is 0 Å². The number of carbonyl (C=O) groups is 6. The maximum atomic E-state index is 12.8. The van der Waals surface area contributed by atoms with Gasteiger partial charge in [0.05, 0.1) is 22.2 Å². The van der Waals surface area contributed by atoms with E-state index in [1.165, 1.54) is 48.5 Å². The lowest BCUT2D eigenvalue weighted by molar-refractivity contribution is -0.142. The number of hydrogen-bond donors (Lipinski definition) is 6. The van der Waals surface area contributed by atoms with E-state index in [0.717, 1.165) is 0 Å². The topological polar surface area (TPSA) is 237 Å². The number of likely N-dealkylation sites (tertiary alicyclic amines) is 2. The van der Waals surface area contributed by atoms with Crippen molar-refractivity contribution in [2.75, 3.05) is 9.80 Å². The fourth-order valence-electron chi connectivity index (χ4n) is 8.02. The van der Waals surface area contributed by atoms with Gasteiger partial charge < -0.3 is 30.6 Å². The molecule has 0 spiro atoms. The molecule has 16 nitrogen and oxygen atoms in total. The Hall–Kier alpha value is -5.54. The van der Waals surface area contributed by atoms with Crippen LogP contribution in [0.3, 0.4) is 0 Å². The Morgan fingerprint density at radius 2 is 0.881 bits per heavy atom. The quantitative estimate of drug-likeness (QED) is 0.305. The first-order valence-corrected chi connectivity index (χ1v) is 12.5. The minimum absolute atomic E-state index is 0.0230. The van der Waals surface area contributed by atoms with Crippen LogP contribution < -0.4 is 9.80 Å². The fourth-order valence-corrected chi connectivity index (χ4v) is 8.02. The van der Waals surface area contributed by atoms with Gasteiger partial charge in [0.15, 0.2) is 0 Å². The van der Waals surface area contributed by atoms with Crippen LogP contribution >= 0.6 is 0 Å². The van der Waals surface area contributed by atoms with Gasteiger partial charge in [-0.25, -0.2) is 28.8 Å². The van der Waals surface area contributed by atoms with E-state index in [-0.39, 0.29) is 22.5 Å². The van der Waals surface area contributed by atoms with Gasteiger partial charge in [0.2, 0.25) is 0 Å². The van der Waals surface area contributed by atoms with Crippen LogP contribution in [0.4, 0.5) is 30.6 Å². The van der Waals surface area contributed by atoms with Crippen LogP contribution in [0.15, 0.2) is 48.5 Å². The van der Waals surface area contributed by atoms with Crippen molar-refractivity contribution in [1.82, 2.24) is 9.80 Å². The summed E-state index contributed by atoms with van der Waals surface area (Å²) in [4.78, 5) is 78.5. The van der Waals surface area contributed by atoms with Crippen molar-refractivity contribution >= 4 is 47.7 Å². The molecule has 0 aliphatic carbocycles. The highest BCUT2D eigenvalue weighted by Gasteiger charge is 2.80. The standard InChI is InChI=1S/C26H22N4O12/c31-17(32)15-9-25(11-5-1-3-7-13(11)27(21(35)36)19(25)29(15)23(39)40)26-10-16(18(33)34)30(24(41)42)20(26)28(22(37)38)14-8-4-2-6-12(14)26/h1-8,15-16,19-20H,9-10H2,(H,31,32)(H,33,34)(H,35,36)(H,37,38)(H,39,40)(H,41,42)/t15-,16-,19+,20+,25-,26-/m0/s1. The van der Waals surface area contributed by atoms with Gasteiger partial charge in [-0.3, -0.25) is 19.6 Å². The number of anilines is 2. The van der Waals surface area contributed by atoms with Gasteiger partial charge in [-0.15, -0.1) is 0 Å². The molecule has 2 fully saturated rings. The third-order valence-electron chi connectivity index (χ3n) is 9.11. The van der Waals surface area contributed by atoms with Crippen molar-refractivity contribution in [2.24, 2.45) is 0 Å². The molecule has 0 saturated carbocycles. The van der Waals surface area contributed by atoms with Crippen LogP contribution in [-0.2, 0) is 20.4 Å². The van der Waals surface area contributed by atoms with Gasteiger partial charge in [-0.1, -0.05) is 36.4 Å². The third-order valence-corrected chi connectivity index (χ3v) is 9.11. The molecule has 6 N–H and O–H groups in total. The van der Waals surface area contributed by atoms with Crippen LogP contribution in [0, 0.1) is 0 Å². The maximum Gasteiger partial charge on any atom is 0.413 e. The van der Waals surface area contributed by atoms with E-state index in [1.807, 2.05) is 0 Å². The molecule has 4 amide bonds. The number of amides is 4. The summed E-state index contributed by atoms with van der Waals surface area (Å²) in [5.74, 6) is -3.24. The summed E-state index contributed by atoms with van der Waals surface area (Å²) in [5.41, 5.74) is -3.74. The average Bonchev–Trinajstić information content (AvgIpc) is 3.60. The van der Waals surface area contributed by atoms with Gasteiger partial charge in [0.25, 0.3) is 0 Å². The molecule has 6 rings (SSSR count). The Kier molecular flexibility index (Phi) is 5.39. The molecule has 6 atom stereocenters.